The van der Waals surface area contributed by atoms with Crippen LogP contribution in [0.15, 0.2) is 24.3 Å². The first-order valence-corrected chi connectivity index (χ1v) is 7.78. The molecular formula is C15H25NOS. The monoisotopic (exact) mass is 267 g/mol. The lowest BCUT2D eigenvalue weighted by atomic mass is 10.0. The van der Waals surface area contributed by atoms with Gasteiger partial charge in [-0.15, -0.1) is 0 Å². The van der Waals surface area contributed by atoms with Crippen molar-refractivity contribution < 1.29 is 4.74 Å². The van der Waals surface area contributed by atoms with Gasteiger partial charge in [0.15, 0.2) is 0 Å². The van der Waals surface area contributed by atoms with E-state index in [2.05, 4.69) is 26.0 Å². The fourth-order valence-electron chi connectivity index (χ4n) is 1.85. The highest BCUT2D eigenvalue weighted by molar-refractivity contribution is 7.99. The Morgan fingerprint density at radius 2 is 2.11 bits per heavy atom. The molecule has 102 valence electrons. The summed E-state index contributed by atoms with van der Waals surface area (Å²) in [6.07, 6.45) is 3.49. The van der Waals surface area contributed by atoms with Crippen LogP contribution in [-0.2, 0) is 0 Å². The highest BCUT2D eigenvalue weighted by atomic mass is 32.2. The van der Waals surface area contributed by atoms with Gasteiger partial charge in [-0.05, 0) is 36.3 Å². The van der Waals surface area contributed by atoms with Crippen molar-refractivity contribution in [2.24, 2.45) is 5.73 Å². The number of nitrogens with two attached hydrogens (primary N) is 1. The molecule has 2 N–H and O–H groups in total. The number of thioether (sulfide) groups is 1. The van der Waals surface area contributed by atoms with E-state index in [4.69, 9.17) is 10.5 Å². The van der Waals surface area contributed by atoms with E-state index in [-0.39, 0.29) is 6.04 Å². The summed E-state index contributed by atoms with van der Waals surface area (Å²) in [7, 11) is 1.71. The van der Waals surface area contributed by atoms with Crippen LogP contribution in [0.2, 0.25) is 0 Å². The molecule has 0 amide bonds. The Balaban J connectivity index is 2.79. The van der Waals surface area contributed by atoms with E-state index in [9.17, 15) is 0 Å². The zero-order chi connectivity index (χ0) is 13.4. The summed E-state index contributed by atoms with van der Waals surface area (Å²) in [6.45, 7) is 4.37. The summed E-state index contributed by atoms with van der Waals surface area (Å²) >= 11 is 1.97. The first-order valence-electron chi connectivity index (χ1n) is 6.74. The molecule has 0 aliphatic carbocycles. The van der Waals surface area contributed by atoms with Crippen LogP contribution in [-0.4, -0.2) is 18.9 Å². The summed E-state index contributed by atoms with van der Waals surface area (Å²) in [5.41, 5.74) is 7.54. The lowest BCUT2D eigenvalue weighted by Crippen LogP contribution is -2.26. The Morgan fingerprint density at radius 1 is 1.33 bits per heavy atom. The number of methoxy groups -OCH3 is 1. The third-order valence-electron chi connectivity index (χ3n) is 3.08. The Kier molecular flexibility index (Phi) is 7.21. The topological polar surface area (TPSA) is 35.2 Å². The molecule has 1 aromatic rings. The molecule has 0 saturated carbocycles. The van der Waals surface area contributed by atoms with Crippen LogP contribution in [0, 0.1) is 0 Å². The fourth-order valence-corrected chi connectivity index (χ4v) is 3.34. The molecule has 0 heterocycles. The second kappa shape index (κ2) is 8.44. The molecule has 2 atom stereocenters. The van der Waals surface area contributed by atoms with E-state index in [0.29, 0.717) is 5.25 Å². The van der Waals surface area contributed by atoms with E-state index in [0.717, 1.165) is 12.2 Å². The summed E-state index contributed by atoms with van der Waals surface area (Å²) in [4.78, 5) is 0. The van der Waals surface area contributed by atoms with Gasteiger partial charge < -0.3 is 10.5 Å². The van der Waals surface area contributed by atoms with Crippen LogP contribution < -0.4 is 10.5 Å². The van der Waals surface area contributed by atoms with Crippen molar-refractivity contribution >= 4 is 11.8 Å². The minimum absolute atomic E-state index is 0.207. The Morgan fingerprint density at radius 3 is 2.72 bits per heavy atom. The quantitative estimate of drug-likeness (QED) is 0.723. The van der Waals surface area contributed by atoms with E-state index >= 15 is 0 Å². The highest BCUT2D eigenvalue weighted by Crippen LogP contribution is 2.34. The number of benzene rings is 1. The average Bonchev–Trinajstić information content (AvgIpc) is 2.43. The maximum atomic E-state index is 6.26. The van der Waals surface area contributed by atoms with Crippen LogP contribution in [0.5, 0.6) is 5.75 Å². The van der Waals surface area contributed by atoms with Gasteiger partial charge in [-0.25, -0.2) is 0 Å². The largest absolute Gasteiger partial charge is 0.497 e. The fraction of sp³-hybridized carbons (Fsp3) is 0.600. The molecule has 1 rings (SSSR count). The number of unbranched alkanes of at least 4 members (excludes halogenated alkanes) is 1. The van der Waals surface area contributed by atoms with Crippen molar-refractivity contribution in [2.45, 2.75) is 44.4 Å². The summed E-state index contributed by atoms with van der Waals surface area (Å²) in [6, 6.07) is 8.50. The number of hydrogen-bond acceptors (Lipinski definition) is 3. The van der Waals surface area contributed by atoms with Crippen molar-refractivity contribution in [1.82, 2.24) is 0 Å². The standard InChI is InChI=1S/C15H25NOS/c1-4-6-10-18-15(14(16)5-2)12-8-7-9-13(11-12)17-3/h7-9,11,14-15H,4-6,10,16H2,1-3H3. The van der Waals surface area contributed by atoms with Crippen LogP contribution >= 0.6 is 11.8 Å². The van der Waals surface area contributed by atoms with Crippen molar-refractivity contribution in [3.63, 3.8) is 0 Å². The van der Waals surface area contributed by atoms with E-state index in [1.54, 1.807) is 7.11 Å². The van der Waals surface area contributed by atoms with Crippen LogP contribution in [0.4, 0.5) is 0 Å². The van der Waals surface area contributed by atoms with Gasteiger partial charge in [-0.1, -0.05) is 32.4 Å². The van der Waals surface area contributed by atoms with Crippen molar-refractivity contribution in [3.8, 4) is 5.75 Å². The van der Waals surface area contributed by atoms with Crippen LogP contribution in [0.25, 0.3) is 0 Å². The summed E-state index contributed by atoms with van der Waals surface area (Å²) in [5, 5.41) is 0.372. The second-order valence-corrected chi connectivity index (χ2v) is 5.74. The molecule has 0 bridgehead atoms. The van der Waals surface area contributed by atoms with E-state index < -0.39 is 0 Å². The normalized spacial score (nSPS) is 14.2. The lowest BCUT2D eigenvalue weighted by Gasteiger charge is -2.23. The van der Waals surface area contributed by atoms with Gasteiger partial charge >= 0.3 is 0 Å². The Hall–Kier alpha value is -0.670. The van der Waals surface area contributed by atoms with Gasteiger partial charge in [0.25, 0.3) is 0 Å². The maximum Gasteiger partial charge on any atom is 0.119 e. The van der Waals surface area contributed by atoms with Gasteiger partial charge in [0, 0.05) is 11.3 Å². The number of rotatable bonds is 8. The average molecular weight is 267 g/mol. The van der Waals surface area contributed by atoms with Crippen molar-refractivity contribution in [1.29, 1.82) is 0 Å². The zero-order valence-corrected chi connectivity index (χ0v) is 12.5. The molecule has 0 radical (unpaired) electrons. The molecule has 18 heavy (non-hydrogen) atoms. The van der Waals surface area contributed by atoms with Gasteiger partial charge in [-0.3, -0.25) is 0 Å². The van der Waals surface area contributed by atoms with Gasteiger partial charge in [0.1, 0.15) is 5.75 Å². The van der Waals surface area contributed by atoms with Crippen LogP contribution in [0.3, 0.4) is 0 Å². The summed E-state index contributed by atoms with van der Waals surface area (Å²) in [5.74, 6) is 2.09. The molecule has 0 aliphatic heterocycles. The minimum atomic E-state index is 0.207. The molecule has 1 aromatic carbocycles. The third kappa shape index (κ3) is 4.54. The molecule has 0 spiro atoms. The minimum Gasteiger partial charge on any atom is -0.497 e. The van der Waals surface area contributed by atoms with Crippen LogP contribution in [0.1, 0.15) is 43.9 Å². The number of hydrogen-bond donors (Lipinski definition) is 1. The molecule has 2 nitrogen and oxygen atoms in total. The first-order chi connectivity index (χ1) is 8.72. The maximum absolute atomic E-state index is 6.26. The second-order valence-electron chi connectivity index (χ2n) is 4.49. The van der Waals surface area contributed by atoms with E-state index in [1.807, 2.05) is 23.9 Å². The van der Waals surface area contributed by atoms with Gasteiger partial charge in [0.05, 0.1) is 7.11 Å². The van der Waals surface area contributed by atoms with Gasteiger partial charge in [0.2, 0.25) is 0 Å². The van der Waals surface area contributed by atoms with Crippen molar-refractivity contribution in [2.75, 3.05) is 12.9 Å². The Bertz CT molecular complexity index is 343. The SMILES string of the molecule is CCCCSC(c1cccc(OC)c1)C(N)CC. The third-order valence-corrected chi connectivity index (χ3v) is 4.58. The number of ether oxygens (including phenoxy) is 1. The van der Waals surface area contributed by atoms with E-state index in [1.165, 1.54) is 24.2 Å². The molecule has 0 saturated heterocycles. The lowest BCUT2D eigenvalue weighted by molar-refractivity contribution is 0.414. The molecule has 3 heteroatoms. The molecule has 0 aromatic heterocycles. The predicted octanol–water partition coefficient (Wildman–Crippen LogP) is 4.01. The molecular weight excluding hydrogens is 242 g/mol. The van der Waals surface area contributed by atoms with Crippen molar-refractivity contribution in [3.05, 3.63) is 29.8 Å². The highest BCUT2D eigenvalue weighted by Gasteiger charge is 2.19. The molecule has 2 unspecified atom stereocenters. The zero-order valence-electron chi connectivity index (χ0n) is 11.7. The van der Waals surface area contributed by atoms with Gasteiger partial charge in [-0.2, -0.15) is 11.8 Å². The molecule has 0 fully saturated rings. The smallest absolute Gasteiger partial charge is 0.119 e. The summed E-state index contributed by atoms with van der Waals surface area (Å²) < 4.78 is 5.29. The molecule has 0 aliphatic rings. The first kappa shape index (κ1) is 15.4. The Labute approximate surface area is 115 Å². The predicted molar refractivity (Wildman–Crippen MR) is 81.4 cm³/mol.